The lowest BCUT2D eigenvalue weighted by atomic mass is 9.69. The first-order valence-electron chi connectivity index (χ1n) is 13.5. The van der Waals surface area contributed by atoms with Crippen molar-refractivity contribution in [1.29, 1.82) is 0 Å². The molecule has 3 aliphatic rings. The van der Waals surface area contributed by atoms with E-state index in [2.05, 4.69) is 60.4 Å². The minimum atomic E-state index is -0.358. The predicted octanol–water partition coefficient (Wildman–Crippen LogP) is 4.74. The number of likely N-dealkylation sites (N-methyl/N-ethyl adjacent to an activating group) is 1. The lowest BCUT2D eigenvalue weighted by Gasteiger charge is -2.52. The fourth-order valence-corrected chi connectivity index (χ4v) is 7.06. The minimum absolute atomic E-state index is 0.108. The molecule has 3 heterocycles. The summed E-state index contributed by atoms with van der Waals surface area (Å²) in [7, 11) is 3.66. The number of nitrogens with zero attached hydrogens (tertiary/aromatic N) is 5. The minimum Gasteiger partial charge on any atom is -0.497 e. The van der Waals surface area contributed by atoms with Gasteiger partial charge in [0.2, 0.25) is 5.91 Å². The number of benzene rings is 2. The van der Waals surface area contributed by atoms with E-state index < -0.39 is 0 Å². The van der Waals surface area contributed by atoms with Crippen molar-refractivity contribution in [2.24, 2.45) is 17.8 Å². The maximum Gasteiger partial charge on any atom is 0.243 e. The van der Waals surface area contributed by atoms with Crippen molar-refractivity contribution in [2.75, 3.05) is 14.2 Å². The van der Waals surface area contributed by atoms with Crippen LogP contribution < -0.4 is 4.74 Å². The Morgan fingerprint density at radius 3 is 2.73 bits per heavy atom. The van der Waals surface area contributed by atoms with Crippen molar-refractivity contribution in [3.8, 4) is 17.0 Å². The predicted molar refractivity (Wildman–Crippen MR) is 141 cm³/mol. The number of carbonyl (C=O) groups is 1. The number of fused-ring (bicyclic) bond motifs is 3. The van der Waals surface area contributed by atoms with Crippen LogP contribution in [0.2, 0.25) is 0 Å². The number of methoxy groups -OCH3 is 1. The maximum absolute atomic E-state index is 13.4. The van der Waals surface area contributed by atoms with Crippen molar-refractivity contribution in [3.05, 3.63) is 42.6 Å². The van der Waals surface area contributed by atoms with Crippen LogP contribution in [0.3, 0.4) is 0 Å². The van der Waals surface area contributed by atoms with Gasteiger partial charge in [-0.2, -0.15) is 5.06 Å². The molecule has 6 rings (SSSR count). The third kappa shape index (κ3) is 3.92. The Bertz CT molecular complexity index is 1320. The number of amides is 1. The largest absolute Gasteiger partial charge is 0.497 e. The fourth-order valence-electron chi connectivity index (χ4n) is 7.06. The number of hydrogen-bond acceptors (Lipinski definition) is 6. The van der Waals surface area contributed by atoms with Crippen LogP contribution in [0.1, 0.15) is 46.5 Å². The molecule has 0 radical (unpaired) electrons. The number of carbonyl (C=O) groups excluding carboxylic acids is 1. The zero-order chi connectivity index (χ0) is 25.9. The van der Waals surface area contributed by atoms with Gasteiger partial charge in [-0.3, -0.25) is 9.63 Å². The van der Waals surface area contributed by atoms with Gasteiger partial charge in [-0.1, -0.05) is 50.6 Å². The van der Waals surface area contributed by atoms with Crippen LogP contribution in [0.15, 0.2) is 42.6 Å². The van der Waals surface area contributed by atoms with Gasteiger partial charge in [-0.15, -0.1) is 5.10 Å². The maximum atomic E-state index is 13.4. The SMILES string of the molecule is COc1ccc2cc(-c3cn(C[C@@H]4C[C@H]5C(=O)N(C)[C@@]6(C[C@H](C)CC[C@H]6C(C)C)N5O4)nn3)ccc2c1. The number of aromatic nitrogens is 3. The van der Waals surface area contributed by atoms with Crippen molar-refractivity contribution in [1.82, 2.24) is 25.0 Å². The second kappa shape index (κ2) is 9.10. The summed E-state index contributed by atoms with van der Waals surface area (Å²) >= 11 is 0. The van der Waals surface area contributed by atoms with Gasteiger partial charge in [-0.05, 0) is 53.6 Å². The standard InChI is InChI=1S/C29H37N5O3/c1-18(2)25-11-6-19(3)15-29(25)32(4)28(35)27-14-24(37-34(27)29)16-33-17-26(30-31-33)22-8-7-21-13-23(36-5)10-9-20(21)12-22/h7-10,12-13,17-19,24-25,27H,6,11,14-16H2,1-5H3/t19-,24+,25+,27+,29+/m1/s1. The molecule has 1 aromatic heterocycles. The summed E-state index contributed by atoms with van der Waals surface area (Å²) in [6.45, 7) is 7.43. The monoisotopic (exact) mass is 503 g/mol. The average Bonchev–Trinajstić information content (AvgIpc) is 3.58. The Labute approximate surface area is 218 Å². The number of ether oxygens (including phenoxy) is 1. The first-order valence-corrected chi connectivity index (χ1v) is 13.5. The lowest BCUT2D eigenvalue weighted by Crippen LogP contribution is -2.61. The van der Waals surface area contributed by atoms with Crippen molar-refractivity contribution in [2.45, 2.75) is 70.8 Å². The second-order valence-electron chi connectivity index (χ2n) is 11.6. The highest BCUT2D eigenvalue weighted by atomic mass is 16.7. The molecule has 2 saturated heterocycles. The summed E-state index contributed by atoms with van der Waals surface area (Å²) in [5, 5.41) is 13.2. The second-order valence-corrected chi connectivity index (χ2v) is 11.6. The fraction of sp³-hybridized carbons (Fsp3) is 0.552. The van der Waals surface area contributed by atoms with Gasteiger partial charge in [0.05, 0.1) is 19.9 Å². The molecule has 37 heavy (non-hydrogen) atoms. The topological polar surface area (TPSA) is 72.7 Å². The van der Waals surface area contributed by atoms with E-state index in [4.69, 9.17) is 9.57 Å². The summed E-state index contributed by atoms with van der Waals surface area (Å²) in [4.78, 5) is 22.1. The summed E-state index contributed by atoms with van der Waals surface area (Å²) in [5.41, 5.74) is 1.48. The van der Waals surface area contributed by atoms with E-state index in [1.54, 1.807) is 7.11 Å². The Morgan fingerprint density at radius 2 is 1.95 bits per heavy atom. The van der Waals surface area contributed by atoms with Gasteiger partial charge in [-0.25, -0.2) is 4.68 Å². The zero-order valence-corrected chi connectivity index (χ0v) is 22.4. The van der Waals surface area contributed by atoms with Crippen LogP contribution in [0.4, 0.5) is 0 Å². The third-order valence-corrected chi connectivity index (χ3v) is 8.90. The zero-order valence-electron chi connectivity index (χ0n) is 22.4. The summed E-state index contributed by atoms with van der Waals surface area (Å²) in [6.07, 6.45) is 5.83. The Kier molecular flexibility index (Phi) is 5.99. The Morgan fingerprint density at radius 1 is 1.16 bits per heavy atom. The van der Waals surface area contributed by atoms with Crippen molar-refractivity contribution >= 4 is 16.7 Å². The molecule has 1 spiro atoms. The van der Waals surface area contributed by atoms with Gasteiger partial charge in [0.15, 0.2) is 0 Å². The molecule has 2 aromatic carbocycles. The first-order chi connectivity index (χ1) is 17.8. The van der Waals surface area contributed by atoms with Crippen LogP contribution in [0, 0.1) is 17.8 Å². The molecule has 196 valence electrons. The number of hydroxylamine groups is 2. The van der Waals surface area contributed by atoms with Crippen LogP contribution in [-0.2, 0) is 16.2 Å². The molecule has 5 atom stereocenters. The normalized spacial score (nSPS) is 30.1. The van der Waals surface area contributed by atoms with Crippen LogP contribution in [-0.4, -0.2) is 62.8 Å². The molecule has 2 aliphatic heterocycles. The summed E-state index contributed by atoms with van der Waals surface area (Å²) in [6, 6.07) is 12.1. The quantitative estimate of drug-likeness (QED) is 0.501. The van der Waals surface area contributed by atoms with Gasteiger partial charge in [0.25, 0.3) is 0 Å². The van der Waals surface area contributed by atoms with Crippen LogP contribution >= 0.6 is 0 Å². The molecular weight excluding hydrogens is 466 g/mol. The van der Waals surface area contributed by atoms with Gasteiger partial charge in [0.1, 0.15) is 29.3 Å². The molecule has 1 saturated carbocycles. The van der Waals surface area contributed by atoms with Crippen molar-refractivity contribution < 1.29 is 14.4 Å². The highest BCUT2D eigenvalue weighted by Crippen LogP contribution is 2.53. The smallest absolute Gasteiger partial charge is 0.243 e. The molecule has 8 heteroatoms. The van der Waals surface area contributed by atoms with Crippen LogP contribution in [0.25, 0.3) is 22.0 Å². The molecule has 8 nitrogen and oxygen atoms in total. The molecule has 3 fully saturated rings. The van der Waals surface area contributed by atoms with E-state index in [-0.39, 0.29) is 23.7 Å². The van der Waals surface area contributed by atoms with E-state index in [1.807, 2.05) is 35.0 Å². The Balaban J connectivity index is 1.21. The van der Waals surface area contributed by atoms with E-state index in [0.717, 1.165) is 40.6 Å². The highest BCUT2D eigenvalue weighted by molar-refractivity contribution is 5.88. The molecule has 0 unspecified atom stereocenters. The number of hydrogen-bond donors (Lipinski definition) is 0. The summed E-state index contributed by atoms with van der Waals surface area (Å²) in [5.74, 6) is 2.47. The summed E-state index contributed by atoms with van der Waals surface area (Å²) < 4.78 is 7.19. The van der Waals surface area contributed by atoms with E-state index in [0.29, 0.717) is 30.7 Å². The van der Waals surface area contributed by atoms with Gasteiger partial charge >= 0.3 is 0 Å². The molecule has 0 bridgehead atoms. The molecule has 3 aromatic rings. The Hall–Kier alpha value is -2.97. The first kappa shape index (κ1) is 24.4. The molecular formula is C29H37N5O3. The van der Waals surface area contributed by atoms with Gasteiger partial charge < -0.3 is 9.64 Å². The van der Waals surface area contributed by atoms with Crippen molar-refractivity contribution in [3.63, 3.8) is 0 Å². The third-order valence-electron chi connectivity index (χ3n) is 8.90. The molecule has 1 amide bonds. The van der Waals surface area contributed by atoms with Crippen LogP contribution in [0.5, 0.6) is 5.75 Å². The molecule has 1 aliphatic carbocycles. The number of rotatable bonds is 5. The lowest BCUT2D eigenvalue weighted by molar-refractivity contribution is -0.265. The van der Waals surface area contributed by atoms with Gasteiger partial charge in [0, 0.05) is 24.9 Å². The average molecular weight is 504 g/mol. The van der Waals surface area contributed by atoms with E-state index in [9.17, 15) is 4.79 Å². The van der Waals surface area contributed by atoms with E-state index >= 15 is 0 Å². The van der Waals surface area contributed by atoms with E-state index in [1.165, 1.54) is 6.42 Å². The molecule has 0 N–H and O–H groups in total. The highest BCUT2D eigenvalue weighted by Gasteiger charge is 2.64.